The maximum Gasteiger partial charge on any atom is 0.166 e. The Bertz CT molecular complexity index is 481. The fourth-order valence-electron chi connectivity index (χ4n) is 1.53. The molecule has 2 rings (SSSR count). The molecule has 0 amide bonds. The molecule has 0 aliphatic carbocycles. The molecule has 2 heterocycles. The van der Waals surface area contributed by atoms with Crippen molar-refractivity contribution < 1.29 is 0 Å². The van der Waals surface area contributed by atoms with Gasteiger partial charge in [0, 0.05) is 19.2 Å². The quantitative estimate of drug-likeness (QED) is 0.823. The van der Waals surface area contributed by atoms with Crippen molar-refractivity contribution in [2.75, 3.05) is 13.1 Å². The van der Waals surface area contributed by atoms with Crippen LogP contribution in [0, 0.1) is 6.92 Å². The standard InChI is InChI=1S/C12H16N4S/c1-3-13-8-6-10-15-16-12(17-10)11-9(2)5-4-7-14-11/h4-5,7,13H,3,6,8H2,1-2H3. The Kier molecular flexibility index (Phi) is 4.17. The van der Waals surface area contributed by atoms with Crippen LogP contribution in [0.4, 0.5) is 0 Å². The SMILES string of the molecule is CCNCCc1nnc(-c2ncccc2C)s1. The first-order valence-corrected chi connectivity index (χ1v) is 6.58. The summed E-state index contributed by atoms with van der Waals surface area (Å²) in [5.41, 5.74) is 2.08. The highest BCUT2D eigenvalue weighted by atomic mass is 32.1. The zero-order valence-corrected chi connectivity index (χ0v) is 10.9. The summed E-state index contributed by atoms with van der Waals surface area (Å²) in [6.07, 6.45) is 2.72. The van der Waals surface area contributed by atoms with Gasteiger partial charge in [-0.3, -0.25) is 4.98 Å². The molecule has 0 aliphatic heterocycles. The summed E-state index contributed by atoms with van der Waals surface area (Å²) in [6, 6.07) is 3.98. The van der Waals surface area contributed by atoms with E-state index in [1.54, 1.807) is 17.5 Å². The van der Waals surface area contributed by atoms with Crippen molar-refractivity contribution in [3.05, 3.63) is 28.9 Å². The van der Waals surface area contributed by atoms with Crippen LogP contribution >= 0.6 is 11.3 Å². The Morgan fingerprint density at radius 3 is 3.00 bits per heavy atom. The normalized spacial score (nSPS) is 10.7. The lowest BCUT2D eigenvalue weighted by molar-refractivity contribution is 0.710. The highest BCUT2D eigenvalue weighted by molar-refractivity contribution is 7.14. The fraction of sp³-hybridized carbons (Fsp3) is 0.417. The molecule has 0 spiro atoms. The molecule has 0 aromatic carbocycles. The van der Waals surface area contributed by atoms with Crippen LogP contribution in [0.15, 0.2) is 18.3 Å². The first-order valence-electron chi connectivity index (χ1n) is 5.76. The van der Waals surface area contributed by atoms with E-state index in [1.807, 2.05) is 19.1 Å². The molecule has 90 valence electrons. The summed E-state index contributed by atoms with van der Waals surface area (Å²) in [7, 11) is 0. The van der Waals surface area contributed by atoms with Crippen molar-refractivity contribution in [2.45, 2.75) is 20.3 Å². The third-order valence-corrected chi connectivity index (χ3v) is 3.43. The average molecular weight is 248 g/mol. The van der Waals surface area contributed by atoms with Crippen molar-refractivity contribution in [2.24, 2.45) is 0 Å². The van der Waals surface area contributed by atoms with E-state index in [0.29, 0.717) is 0 Å². The van der Waals surface area contributed by atoms with E-state index in [1.165, 1.54) is 0 Å². The molecule has 0 unspecified atom stereocenters. The second kappa shape index (κ2) is 5.84. The first kappa shape index (κ1) is 12.1. The summed E-state index contributed by atoms with van der Waals surface area (Å²) in [5, 5.41) is 13.7. The van der Waals surface area contributed by atoms with Gasteiger partial charge in [0.25, 0.3) is 0 Å². The van der Waals surface area contributed by atoms with Crippen LogP contribution in [0.2, 0.25) is 0 Å². The van der Waals surface area contributed by atoms with E-state index in [4.69, 9.17) is 0 Å². The van der Waals surface area contributed by atoms with Crippen molar-refractivity contribution >= 4 is 11.3 Å². The summed E-state index contributed by atoms with van der Waals surface area (Å²) in [6.45, 7) is 6.09. The molecule has 2 aromatic rings. The molecule has 0 saturated carbocycles. The summed E-state index contributed by atoms with van der Waals surface area (Å²) < 4.78 is 0. The molecule has 0 saturated heterocycles. The Labute approximate surface area is 105 Å². The third kappa shape index (κ3) is 3.08. The largest absolute Gasteiger partial charge is 0.317 e. The van der Waals surface area contributed by atoms with Crippen LogP contribution in [0.3, 0.4) is 0 Å². The minimum atomic E-state index is 0.912. The predicted octanol–water partition coefficient (Wildman–Crippen LogP) is 2.06. The highest BCUT2D eigenvalue weighted by Crippen LogP contribution is 2.24. The number of hydrogen-bond donors (Lipinski definition) is 1. The highest BCUT2D eigenvalue weighted by Gasteiger charge is 2.09. The van der Waals surface area contributed by atoms with Gasteiger partial charge in [-0.1, -0.05) is 24.3 Å². The Balaban J connectivity index is 2.10. The van der Waals surface area contributed by atoms with Crippen molar-refractivity contribution in [1.82, 2.24) is 20.5 Å². The molecule has 2 aromatic heterocycles. The van der Waals surface area contributed by atoms with Gasteiger partial charge in [0.2, 0.25) is 0 Å². The number of aromatic nitrogens is 3. The Hall–Kier alpha value is -1.33. The summed E-state index contributed by atoms with van der Waals surface area (Å²) in [4.78, 5) is 4.35. The molecule has 0 atom stereocenters. The maximum absolute atomic E-state index is 4.35. The molecule has 0 fully saturated rings. The topological polar surface area (TPSA) is 50.7 Å². The molecular formula is C12H16N4S. The van der Waals surface area contributed by atoms with Crippen molar-refractivity contribution in [3.8, 4) is 10.7 Å². The lowest BCUT2D eigenvalue weighted by Crippen LogP contribution is -2.15. The lowest BCUT2D eigenvalue weighted by atomic mass is 10.2. The van der Waals surface area contributed by atoms with E-state index >= 15 is 0 Å². The molecule has 0 bridgehead atoms. The number of rotatable bonds is 5. The zero-order valence-electron chi connectivity index (χ0n) is 10.1. The molecule has 1 N–H and O–H groups in total. The number of aryl methyl sites for hydroxylation is 1. The van der Waals surface area contributed by atoms with Gasteiger partial charge >= 0.3 is 0 Å². The number of likely N-dealkylation sites (N-methyl/N-ethyl adjacent to an activating group) is 1. The van der Waals surface area contributed by atoms with Gasteiger partial charge in [-0.05, 0) is 25.1 Å². The first-order chi connectivity index (χ1) is 8.31. The van der Waals surface area contributed by atoms with Gasteiger partial charge in [0.1, 0.15) is 10.7 Å². The van der Waals surface area contributed by atoms with Crippen molar-refractivity contribution in [1.29, 1.82) is 0 Å². The summed E-state index contributed by atoms with van der Waals surface area (Å²) >= 11 is 1.63. The second-order valence-corrected chi connectivity index (χ2v) is 4.84. The van der Waals surface area contributed by atoms with Gasteiger partial charge in [0.15, 0.2) is 5.01 Å². The molecule has 0 radical (unpaired) electrons. The Morgan fingerprint density at radius 2 is 2.24 bits per heavy atom. The lowest BCUT2D eigenvalue weighted by Gasteiger charge is -1.98. The molecule has 5 heteroatoms. The third-order valence-electron chi connectivity index (χ3n) is 2.44. The van der Waals surface area contributed by atoms with E-state index < -0.39 is 0 Å². The second-order valence-electron chi connectivity index (χ2n) is 3.77. The number of hydrogen-bond acceptors (Lipinski definition) is 5. The molecular weight excluding hydrogens is 232 g/mol. The maximum atomic E-state index is 4.35. The van der Waals surface area contributed by atoms with Crippen LogP contribution in [-0.4, -0.2) is 28.3 Å². The van der Waals surface area contributed by atoms with E-state index in [-0.39, 0.29) is 0 Å². The number of nitrogens with zero attached hydrogens (tertiary/aromatic N) is 3. The van der Waals surface area contributed by atoms with Crippen molar-refractivity contribution in [3.63, 3.8) is 0 Å². The average Bonchev–Trinajstić information content (AvgIpc) is 2.79. The van der Waals surface area contributed by atoms with Gasteiger partial charge in [0.05, 0.1) is 0 Å². The van der Waals surface area contributed by atoms with E-state index in [9.17, 15) is 0 Å². The minimum Gasteiger partial charge on any atom is -0.317 e. The van der Waals surface area contributed by atoms with Crippen LogP contribution in [0.25, 0.3) is 10.7 Å². The van der Waals surface area contributed by atoms with Crippen LogP contribution in [-0.2, 0) is 6.42 Å². The van der Waals surface area contributed by atoms with Gasteiger partial charge in [-0.15, -0.1) is 10.2 Å². The smallest absolute Gasteiger partial charge is 0.166 e. The van der Waals surface area contributed by atoms with Gasteiger partial charge in [-0.2, -0.15) is 0 Å². The monoisotopic (exact) mass is 248 g/mol. The summed E-state index contributed by atoms with van der Waals surface area (Å²) in [5.74, 6) is 0. The van der Waals surface area contributed by atoms with Gasteiger partial charge in [-0.25, -0.2) is 0 Å². The molecule has 4 nitrogen and oxygen atoms in total. The Morgan fingerprint density at radius 1 is 1.35 bits per heavy atom. The van der Waals surface area contributed by atoms with Gasteiger partial charge < -0.3 is 5.32 Å². The van der Waals surface area contributed by atoms with Crippen LogP contribution in [0.5, 0.6) is 0 Å². The van der Waals surface area contributed by atoms with E-state index in [0.717, 1.165) is 40.8 Å². The fourth-order valence-corrected chi connectivity index (χ4v) is 2.43. The molecule has 17 heavy (non-hydrogen) atoms. The minimum absolute atomic E-state index is 0.912. The van der Waals surface area contributed by atoms with E-state index in [2.05, 4.69) is 27.4 Å². The van der Waals surface area contributed by atoms with Crippen LogP contribution in [0.1, 0.15) is 17.5 Å². The number of pyridine rings is 1. The number of nitrogens with one attached hydrogen (secondary N) is 1. The zero-order chi connectivity index (χ0) is 12.1. The predicted molar refractivity (Wildman–Crippen MR) is 70.1 cm³/mol. The molecule has 0 aliphatic rings. The van der Waals surface area contributed by atoms with Crippen LogP contribution < -0.4 is 5.32 Å².